The van der Waals surface area contributed by atoms with Crippen molar-refractivity contribution in [2.75, 3.05) is 39.9 Å². The molecular weight excluding hydrogens is 264 g/mol. The Morgan fingerprint density at radius 2 is 1.55 bits per heavy atom. The smallest absolute Gasteiger partial charge is 0.303 e. The van der Waals surface area contributed by atoms with Gasteiger partial charge in [0, 0.05) is 46.1 Å². The van der Waals surface area contributed by atoms with Gasteiger partial charge in [0.2, 0.25) is 11.8 Å². The summed E-state index contributed by atoms with van der Waals surface area (Å²) < 4.78 is 4.79. The molecule has 1 aliphatic rings. The molecule has 7 nitrogen and oxygen atoms in total. The van der Waals surface area contributed by atoms with Gasteiger partial charge in [-0.15, -0.1) is 0 Å². The Bertz CT molecular complexity index is 364. The lowest BCUT2D eigenvalue weighted by Crippen LogP contribution is -2.51. The van der Waals surface area contributed by atoms with Crippen LogP contribution in [-0.4, -0.2) is 72.6 Å². The van der Waals surface area contributed by atoms with Crippen molar-refractivity contribution >= 4 is 17.8 Å². The molecule has 1 heterocycles. The predicted molar refractivity (Wildman–Crippen MR) is 71.1 cm³/mol. The normalized spacial score (nSPS) is 16.9. The highest BCUT2D eigenvalue weighted by molar-refractivity contribution is 5.79. The number of carbonyl (C=O) groups is 3. The van der Waals surface area contributed by atoms with Gasteiger partial charge in [0.05, 0.1) is 0 Å². The van der Waals surface area contributed by atoms with Gasteiger partial charge in [-0.05, 0) is 5.92 Å². The zero-order valence-corrected chi connectivity index (χ0v) is 12.0. The summed E-state index contributed by atoms with van der Waals surface area (Å²) in [5, 5.41) is 8.67. The highest BCUT2D eigenvalue weighted by atomic mass is 16.5. The van der Waals surface area contributed by atoms with E-state index in [9.17, 15) is 14.4 Å². The molecular formula is C13H22N2O5. The van der Waals surface area contributed by atoms with E-state index >= 15 is 0 Å². The van der Waals surface area contributed by atoms with Gasteiger partial charge in [0.1, 0.15) is 6.61 Å². The van der Waals surface area contributed by atoms with Crippen LogP contribution < -0.4 is 0 Å². The van der Waals surface area contributed by atoms with Gasteiger partial charge in [-0.3, -0.25) is 14.4 Å². The maximum atomic E-state index is 12.0. The number of amides is 2. The van der Waals surface area contributed by atoms with Crippen molar-refractivity contribution in [2.45, 2.75) is 19.8 Å². The molecule has 0 radical (unpaired) electrons. The Morgan fingerprint density at radius 3 is 2.00 bits per heavy atom. The monoisotopic (exact) mass is 286 g/mol. The van der Waals surface area contributed by atoms with Gasteiger partial charge in [-0.1, -0.05) is 6.92 Å². The Balaban J connectivity index is 2.35. The van der Waals surface area contributed by atoms with E-state index in [4.69, 9.17) is 9.84 Å². The Kier molecular flexibility index (Phi) is 6.44. The van der Waals surface area contributed by atoms with E-state index in [0.29, 0.717) is 26.2 Å². The highest BCUT2D eigenvalue weighted by Crippen LogP contribution is 2.12. The Hall–Kier alpha value is -1.63. The second kappa shape index (κ2) is 7.84. The third-order valence-electron chi connectivity index (χ3n) is 3.30. The fourth-order valence-corrected chi connectivity index (χ4v) is 2.22. The molecule has 1 rings (SSSR count). The number of ether oxygens (including phenoxy) is 1. The largest absolute Gasteiger partial charge is 0.481 e. The first-order valence-electron chi connectivity index (χ1n) is 6.70. The van der Waals surface area contributed by atoms with Gasteiger partial charge < -0.3 is 19.6 Å². The summed E-state index contributed by atoms with van der Waals surface area (Å²) in [6, 6.07) is 0. The molecule has 1 fully saturated rings. The van der Waals surface area contributed by atoms with E-state index in [1.54, 1.807) is 16.7 Å². The number of rotatable bonds is 6. The van der Waals surface area contributed by atoms with Gasteiger partial charge >= 0.3 is 5.97 Å². The van der Waals surface area contributed by atoms with Gasteiger partial charge in [0.15, 0.2) is 0 Å². The van der Waals surface area contributed by atoms with Crippen LogP contribution in [0.4, 0.5) is 0 Å². The molecule has 0 aromatic carbocycles. The van der Waals surface area contributed by atoms with Crippen LogP contribution in [0, 0.1) is 5.92 Å². The molecule has 0 aromatic heterocycles. The number of hydrogen-bond acceptors (Lipinski definition) is 4. The molecule has 1 atom stereocenters. The first kappa shape index (κ1) is 16.4. The summed E-state index contributed by atoms with van der Waals surface area (Å²) >= 11 is 0. The first-order chi connectivity index (χ1) is 9.43. The number of carboxylic acids is 1. The van der Waals surface area contributed by atoms with Crippen LogP contribution in [0.2, 0.25) is 0 Å². The summed E-state index contributed by atoms with van der Waals surface area (Å²) in [5.74, 6) is -1.18. The second-order valence-electron chi connectivity index (χ2n) is 5.10. The molecule has 2 amide bonds. The second-order valence-corrected chi connectivity index (χ2v) is 5.10. The number of methoxy groups -OCH3 is 1. The molecule has 1 N–H and O–H groups in total. The average Bonchev–Trinajstić information content (AvgIpc) is 2.38. The summed E-state index contributed by atoms with van der Waals surface area (Å²) in [7, 11) is 1.47. The van der Waals surface area contributed by atoms with E-state index in [1.165, 1.54) is 7.11 Å². The fraction of sp³-hybridized carbons (Fsp3) is 0.769. The average molecular weight is 286 g/mol. The van der Waals surface area contributed by atoms with Crippen LogP contribution in [0.15, 0.2) is 0 Å². The lowest BCUT2D eigenvalue weighted by molar-refractivity contribution is -0.143. The lowest BCUT2D eigenvalue weighted by atomic mass is 10.0. The topological polar surface area (TPSA) is 87.2 Å². The molecule has 1 saturated heterocycles. The molecule has 0 saturated carbocycles. The number of aliphatic carboxylic acids is 1. The maximum Gasteiger partial charge on any atom is 0.303 e. The first-order valence-corrected chi connectivity index (χ1v) is 6.70. The van der Waals surface area contributed by atoms with E-state index in [0.717, 1.165) is 0 Å². The molecule has 0 bridgehead atoms. The molecule has 7 heteroatoms. The summed E-state index contributed by atoms with van der Waals surface area (Å²) in [4.78, 5) is 37.5. The molecule has 1 unspecified atom stereocenters. The van der Waals surface area contributed by atoms with Crippen molar-refractivity contribution in [3.63, 3.8) is 0 Å². The third-order valence-corrected chi connectivity index (χ3v) is 3.30. The van der Waals surface area contributed by atoms with E-state index in [2.05, 4.69) is 0 Å². The molecule has 0 aliphatic carbocycles. The SMILES string of the molecule is COCC(=O)N1CCN(C(=O)CC(C)CC(=O)O)CC1. The molecule has 0 aromatic rings. The minimum atomic E-state index is -0.889. The Morgan fingerprint density at radius 1 is 1.05 bits per heavy atom. The zero-order valence-electron chi connectivity index (χ0n) is 12.0. The van der Waals surface area contributed by atoms with Crippen LogP contribution in [0.25, 0.3) is 0 Å². The van der Waals surface area contributed by atoms with Gasteiger partial charge in [-0.2, -0.15) is 0 Å². The van der Waals surface area contributed by atoms with Crippen molar-refractivity contribution in [3.8, 4) is 0 Å². The van der Waals surface area contributed by atoms with Crippen LogP contribution in [0.3, 0.4) is 0 Å². The van der Waals surface area contributed by atoms with Crippen molar-refractivity contribution in [2.24, 2.45) is 5.92 Å². The fourth-order valence-electron chi connectivity index (χ4n) is 2.22. The molecule has 0 spiro atoms. The van der Waals surface area contributed by atoms with E-state index in [1.807, 2.05) is 0 Å². The van der Waals surface area contributed by atoms with E-state index < -0.39 is 5.97 Å². The molecule has 114 valence electrons. The van der Waals surface area contributed by atoms with Crippen LogP contribution in [0.1, 0.15) is 19.8 Å². The summed E-state index contributed by atoms with van der Waals surface area (Å²) in [6.45, 7) is 3.80. The maximum absolute atomic E-state index is 12.0. The minimum absolute atomic E-state index is 0.00195. The number of carboxylic acid groups (broad SMARTS) is 1. The van der Waals surface area contributed by atoms with Crippen LogP contribution >= 0.6 is 0 Å². The van der Waals surface area contributed by atoms with Gasteiger partial charge in [-0.25, -0.2) is 0 Å². The number of nitrogens with zero attached hydrogens (tertiary/aromatic N) is 2. The lowest BCUT2D eigenvalue weighted by Gasteiger charge is -2.35. The Labute approximate surface area is 118 Å². The zero-order chi connectivity index (χ0) is 15.1. The summed E-state index contributed by atoms with van der Waals surface area (Å²) in [6.07, 6.45) is 0.232. The molecule has 20 heavy (non-hydrogen) atoms. The number of piperazine rings is 1. The van der Waals surface area contributed by atoms with Crippen LogP contribution in [-0.2, 0) is 19.1 Å². The van der Waals surface area contributed by atoms with Crippen molar-refractivity contribution in [1.29, 1.82) is 0 Å². The molecule has 1 aliphatic heterocycles. The quantitative estimate of drug-likeness (QED) is 0.731. The summed E-state index contributed by atoms with van der Waals surface area (Å²) in [5.41, 5.74) is 0. The number of hydrogen-bond donors (Lipinski definition) is 1. The van der Waals surface area contributed by atoms with Crippen molar-refractivity contribution in [1.82, 2.24) is 9.80 Å². The predicted octanol–water partition coefficient (Wildman–Crippen LogP) is -0.195. The third kappa shape index (κ3) is 5.16. The number of carbonyl (C=O) groups excluding carboxylic acids is 2. The van der Waals surface area contributed by atoms with Crippen molar-refractivity contribution < 1.29 is 24.2 Å². The minimum Gasteiger partial charge on any atom is -0.481 e. The van der Waals surface area contributed by atoms with Crippen LogP contribution in [0.5, 0.6) is 0 Å². The van der Waals surface area contributed by atoms with E-state index in [-0.39, 0.29) is 37.2 Å². The standard InChI is InChI=1S/C13H22N2O5/c1-10(8-13(18)19)7-11(16)14-3-5-15(6-4-14)12(17)9-20-2/h10H,3-9H2,1-2H3,(H,18,19). The van der Waals surface area contributed by atoms with Gasteiger partial charge in [0.25, 0.3) is 0 Å². The highest BCUT2D eigenvalue weighted by Gasteiger charge is 2.25. The van der Waals surface area contributed by atoms with Crippen molar-refractivity contribution in [3.05, 3.63) is 0 Å².